The van der Waals surface area contributed by atoms with Gasteiger partial charge in [0, 0.05) is 17.8 Å². The first-order valence-electron chi connectivity index (χ1n) is 8.16. The second kappa shape index (κ2) is 7.68. The van der Waals surface area contributed by atoms with Gasteiger partial charge in [-0.2, -0.15) is 0 Å². The van der Waals surface area contributed by atoms with Crippen molar-refractivity contribution in [1.29, 1.82) is 0 Å². The first kappa shape index (κ1) is 17.8. The van der Waals surface area contributed by atoms with E-state index < -0.39 is 0 Å². The van der Waals surface area contributed by atoms with Crippen LogP contribution < -0.4 is 5.32 Å². The van der Waals surface area contributed by atoms with Gasteiger partial charge in [-0.25, -0.2) is 0 Å². The first-order chi connectivity index (χ1) is 9.31. The molecule has 1 N–H and O–H groups in total. The number of halogens is 1. The molecule has 1 saturated carbocycles. The van der Waals surface area contributed by atoms with Gasteiger partial charge in [-0.3, -0.25) is 4.79 Å². The molecule has 1 aliphatic carbocycles. The smallest absolute Gasteiger partial charge is 0.226 e. The predicted octanol–water partition coefficient (Wildman–Crippen LogP) is 4.75. The van der Waals surface area contributed by atoms with Crippen LogP contribution in [0.5, 0.6) is 0 Å². The fourth-order valence-corrected chi connectivity index (χ4v) is 3.63. The third-order valence-electron chi connectivity index (χ3n) is 4.56. The zero-order valence-corrected chi connectivity index (χ0v) is 14.5. The Labute approximate surface area is 130 Å². The number of carbonyl (C=O) groups is 1. The topological polar surface area (TPSA) is 29.1 Å². The zero-order chi connectivity index (χ0) is 15.2. The van der Waals surface area contributed by atoms with Gasteiger partial charge in [-0.15, -0.1) is 11.6 Å². The van der Waals surface area contributed by atoms with Crippen LogP contribution in [0.4, 0.5) is 0 Å². The molecule has 0 aromatic carbocycles. The van der Waals surface area contributed by atoms with E-state index in [9.17, 15) is 4.79 Å². The van der Waals surface area contributed by atoms with Crippen LogP contribution >= 0.6 is 11.6 Å². The molecule has 1 amide bonds. The van der Waals surface area contributed by atoms with Crippen molar-refractivity contribution >= 4 is 17.5 Å². The second-order valence-corrected chi connectivity index (χ2v) is 8.10. The number of nitrogens with one attached hydrogen (secondary N) is 1. The summed E-state index contributed by atoms with van der Waals surface area (Å²) in [5.41, 5.74) is 0.0545. The summed E-state index contributed by atoms with van der Waals surface area (Å²) in [6.07, 6.45) is 7.65. The molecule has 0 heterocycles. The molecule has 0 aromatic rings. The number of hydrogen-bond acceptors (Lipinski definition) is 1. The van der Waals surface area contributed by atoms with Gasteiger partial charge in [0.15, 0.2) is 0 Å². The fraction of sp³-hybridized carbons (Fsp3) is 0.941. The minimum atomic E-state index is -0.0866. The van der Waals surface area contributed by atoms with E-state index in [0.717, 1.165) is 38.6 Å². The molecule has 3 heteroatoms. The van der Waals surface area contributed by atoms with Gasteiger partial charge in [0.1, 0.15) is 0 Å². The molecule has 0 bridgehead atoms. The average Bonchev–Trinajstić information content (AvgIpc) is 2.82. The van der Waals surface area contributed by atoms with Gasteiger partial charge in [0.2, 0.25) is 5.91 Å². The Balaban J connectivity index is 2.55. The second-order valence-electron chi connectivity index (χ2n) is 7.72. The van der Waals surface area contributed by atoms with Crippen molar-refractivity contribution in [1.82, 2.24) is 5.32 Å². The molecule has 0 atom stereocenters. The molecular formula is C17H32ClNO. The van der Waals surface area contributed by atoms with Crippen LogP contribution in [0.15, 0.2) is 0 Å². The van der Waals surface area contributed by atoms with Crippen molar-refractivity contribution in [2.24, 2.45) is 16.7 Å². The molecule has 20 heavy (non-hydrogen) atoms. The van der Waals surface area contributed by atoms with E-state index in [0.29, 0.717) is 17.7 Å². The maximum atomic E-state index is 12.7. The average molecular weight is 302 g/mol. The van der Waals surface area contributed by atoms with Crippen molar-refractivity contribution in [3.8, 4) is 0 Å². The Morgan fingerprint density at radius 3 is 2.40 bits per heavy atom. The lowest BCUT2D eigenvalue weighted by atomic mass is 9.77. The monoisotopic (exact) mass is 301 g/mol. The van der Waals surface area contributed by atoms with Gasteiger partial charge < -0.3 is 5.32 Å². The van der Waals surface area contributed by atoms with E-state index in [2.05, 4.69) is 33.0 Å². The van der Waals surface area contributed by atoms with E-state index in [4.69, 9.17) is 11.6 Å². The highest BCUT2D eigenvalue weighted by Crippen LogP contribution is 2.43. The molecule has 118 valence electrons. The van der Waals surface area contributed by atoms with Gasteiger partial charge >= 0.3 is 0 Å². The minimum Gasteiger partial charge on any atom is -0.355 e. The number of alkyl halides is 1. The summed E-state index contributed by atoms with van der Waals surface area (Å²) in [6, 6.07) is 0. The Morgan fingerprint density at radius 1 is 1.30 bits per heavy atom. The van der Waals surface area contributed by atoms with Crippen LogP contribution in [0.1, 0.15) is 72.6 Å². The SMILES string of the molecule is CC(C)CC1(C(=O)NCC(C)(C)CCCCl)CCCC1. The van der Waals surface area contributed by atoms with E-state index in [1.165, 1.54) is 12.8 Å². The molecule has 0 aromatic heterocycles. The highest BCUT2D eigenvalue weighted by atomic mass is 35.5. The summed E-state index contributed by atoms with van der Waals surface area (Å²) in [6.45, 7) is 9.63. The van der Waals surface area contributed by atoms with Crippen LogP contribution in [0, 0.1) is 16.7 Å². The van der Waals surface area contributed by atoms with E-state index in [1.54, 1.807) is 0 Å². The van der Waals surface area contributed by atoms with Gasteiger partial charge in [0.25, 0.3) is 0 Å². The Kier molecular flexibility index (Phi) is 6.84. The van der Waals surface area contributed by atoms with Crippen LogP contribution in [0.2, 0.25) is 0 Å². The summed E-state index contributed by atoms with van der Waals surface area (Å²) in [5.74, 6) is 1.58. The summed E-state index contributed by atoms with van der Waals surface area (Å²) in [5, 5.41) is 3.24. The van der Waals surface area contributed by atoms with Gasteiger partial charge in [0.05, 0.1) is 0 Å². The number of carbonyl (C=O) groups excluding carboxylic acids is 1. The molecule has 1 rings (SSSR count). The molecular weight excluding hydrogens is 270 g/mol. The highest BCUT2D eigenvalue weighted by molar-refractivity contribution is 6.17. The lowest BCUT2D eigenvalue weighted by Gasteiger charge is -2.32. The van der Waals surface area contributed by atoms with Crippen LogP contribution in [0.25, 0.3) is 0 Å². The van der Waals surface area contributed by atoms with Crippen molar-refractivity contribution < 1.29 is 4.79 Å². The summed E-state index contributed by atoms with van der Waals surface area (Å²) in [4.78, 5) is 12.7. The number of hydrogen-bond donors (Lipinski definition) is 1. The number of amides is 1. The largest absolute Gasteiger partial charge is 0.355 e. The Bertz CT molecular complexity index is 306. The van der Waals surface area contributed by atoms with Gasteiger partial charge in [-0.1, -0.05) is 40.5 Å². The van der Waals surface area contributed by atoms with E-state index in [-0.39, 0.29) is 10.8 Å². The normalized spacial score (nSPS) is 18.5. The number of rotatable bonds is 8. The van der Waals surface area contributed by atoms with Crippen molar-refractivity contribution in [2.75, 3.05) is 12.4 Å². The molecule has 0 radical (unpaired) electrons. The molecule has 2 nitrogen and oxygen atoms in total. The van der Waals surface area contributed by atoms with Crippen LogP contribution in [-0.2, 0) is 4.79 Å². The van der Waals surface area contributed by atoms with Gasteiger partial charge in [-0.05, 0) is 43.4 Å². The maximum Gasteiger partial charge on any atom is 0.226 e. The predicted molar refractivity (Wildman–Crippen MR) is 87.1 cm³/mol. The molecule has 0 saturated heterocycles. The van der Waals surface area contributed by atoms with Crippen molar-refractivity contribution in [3.63, 3.8) is 0 Å². The zero-order valence-electron chi connectivity index (χ0n) is 13.7. The molecule has 1 aliphatic rings. The third kappa shape index (κ3) is 5.27. The Morgan fingerprint density at radius 2 is 1.90 bits per heavy atom. The third-order valence-corrected chi connectivity index (χ3v) is 4.82. The summed E-state index contributed by atoms with van der Waals surface area (Å²) < 4.78 is 0. The molecule has 0 unspecified atom stereocenters. The highest BCUT2D eigenvalue weighted by Gasteiger charge is 2.41. The maximum absolute atomic E-state index is 12.7. The fourth-order valence-electron chi connectivity index (χ4n) is 3.50. The molecule has 0 aliphatic heterocycles. The molecule has 0 spiro atoms. The summed E-state index contributed by atoms with van der Waals surface area (Å²) in [7, 11) is 0. The van der Waals surface area contributed by atoms with E-state index in [1.807, 2.05) is 0 Å². The quantitative estimate of drug-likeness (QED) is 0.644. The Hall–Kier alpha value is -0.240. The van der Waals surface area contributed by atoms with Crippen LogP contribution in [0.3, 0.4) is 0 Å². The minimum absolute atomic E-state index is 0.0866. The van der Waals surface area contributed by atoms with Crippen molar-refractivity contribution in [2.45, 2.75) is 72.6 Å². The lowest BCUT2D eigenvalue weighted by molar-refractivity contribution is -0.132. The van der Waals surface area contributed by atoms with Crippen LogP contribution in [-0.4, -0.2) is 18.3 Å². The van der Waals surface area contributed by atoms with Crippen molar-refractivity contribution in [3.05, 3.63) is 0 Å². The van der Waals surface area contributed by atoms with E-state index >= 15 is 0 Å². The summed E-state index contributed by atoms with van der Waals surface area (Å²) >= 11 is 5.77. The first-order valence-corrected chi connectivity index (χ1v) is 8.69. The standard InChI is InChI=1S/C17H32ClNO/c1-14(2)12-17(9-5-6-10-17)15(20)19-13-16(3,4)8-7-11-18/h14H,5-13H2,1-4H3,(H,19,20). The molecule has 1 fully saturated rings. The lowest BCUT2D eigenvalue weighted by Crippen LogP contribution is -2.43.